The van der Waals surface area contributed by atoms with Crippen molar-refractivity contribution in [3.63, 3.8) is 0 Å². The van der Waals surface area contributed by atoms with Crippen LogP contribution in [-0.4, -0.2) is 27.1 Å². The van der Waals surface area contributed by atoms with Gasteiger partial charge >= 0.3 is 0 Å². The van der Waals surface area contributed by atoms with Gasteiger partial charge in [0.15, 0.2) is 0 Å². The standard InChI is InChI=1S/C16H17BrN2O2S/c1-14(2,21)15-6-16(7-15,8-15)19-13(20)9-3-11-10(18-5-9)4-12(17)22-11/h3-5,21H,6-8H2,1-2H3,(H,19,20). The van der Waals surface area contributed by atoms with Crippen molar-refractivity contribution in [3.8, 4) is 0 Å². The highest BCUT2D eigenvalue weighted by atomic mass is 79.9. The van der Waals surface area contributed by atoms with Crippen LogP contribution in [0.3, 0.4) is 0 Å². The van der Waals surface area contributed by atoms with E-state index in [0.717, 1.165) is 33.3 Å². The van der Waals surface area contributed by atoms with E-state index in [9.17, 15) is 9.90 Å². The van der Waals surface area contributed by atoms with Crippen LogP contribution < -0.4 is 5.32 Å². The summed E-state index contributed by atoms with van der Waals surface area (Å²) in [6.07, 6.45) is 4.24. The van der Waals surface area contributed by atoms with Crippen LogP contribution in [0.25, 0.3) is 10.2 Å². The number of aliphatic hydroxyl groups is 1. The van der Waals surface area contributed by atoms with E-state index in [4.69, 9.17) is 0 Å². The molecule has 0 unspecified atom stereocenters. The number of carbonyl (C=O) groups is 1. The van der Waals surface area contributed by atoms with Gasteiger partial charge in [-0.25, -0.2) is 0 Å². The van der Waals surface area contributed by atoms with Crippen LogP contribution in [0.15, 0.2) is 22.1 Å². The number of rotatable bonds is 3. The third-order valence-corrected chi connectivity index (χ3v) is 6.88. The second kappa shape index (κ2) is 4.30. The van der Waals surface area contributed by atoms with E-state index in [1.54, 1.807) is 17.5 Å². The van der Waals surface area contributed by atoms with Gasteiger partial charge < -0.3 is 10.4 Å². The van der Waals surface area contributed by atoms with Gasteiger partial charge in [0, 0.05) is 17.2 Å². The Bertz CT molecular complexity index is 773. The lowest BCUT2D eigenvalue weighted by atomic mass is 9.35. The number of aromatic nitrogens is 1. The summed E-state index contributed by atoms with van der Waals surface area (Å²) in [5.41, 5.74) is 0.732. The average molecular weight is 381 g/mol. The van der Waals surface area contributed by atoms with Crippen molar-refractivity contribution in [2.45, 2.75) is 44.2 Å². The van der Waals surface area contributed by atoms with Gasteiger partial charge in [-0.15, -0.1) is 11.3 Å². The van der Waals surface area contributed by atoms with Crippen LogP contribution in [0.5, 0.6) is 0 Å². The predicted molar refractivity (Wildman–Crippen MR) is 90.1 cm³/mol. The molecule has 0 spiro atoms. The molecule has 0 aromatic carbocycles. The van der Waals surface area contributed by atoms with Crippen LogP contribution in [0.2, 0.25) is 0 Å². The summed E-state index contributed by atoms with van der Waals surface area (Å²) in [5.74, 6) is -0.0667. The Labute approximate surface area is 141 Å². The summed E-state index contributed by atoms with van der Waals surface area (Å²) in [6.45, 7) is 3.73. The fraction of sp³-hybridized carbons (Fsp3) is 0.500. The molecule has 4 nitrogen and oxygen atoms in total. The summed E-state index contributed by atoms with van der Waals surface area (Å²) in [7, 11) is 0. The van der Waals surface area contributed by atoms with Crippen LogP contribution >= 0.6 is 27.3 Å². The minimum Gasteiger partial charge on any atom is -0.390 e. The number of halogens is 1. The molecular weight excluding hydrogens is 364 g/mol. The lowest BCUT2D eigenvalue weighted by molar-refractivity contribution is -0.247. The topological polar surface area (TPSA) is 62.2 Å². The highest BCUT2D eigenvalue weighted by Crippen LogP contribution is 2.71. The zero-order chi connectivity index (χ0) is 15.8. The maximum absolute atomic E-state index is 12.5. The number of nitrogens with one attached hydrogen (secondary N) is 1. The van der Waals surface area contributed by atoms with Crippen LogP contribution in [-0.2, 0) is 0 Å². The van der Waals surface area contributed by atoms with Crippen molar-refractivity contribution < 1.29 is 9.90 Å². The third kappa shape index (κ3) is 1.97. The lowest BCUT2D eigenvalue weighted by Gasteiger charge is -2.74. The molecule has 3 aliphatic rings. The molecule has 2 N–H and O–H groups in total. The molecule has 0 atom stereocenters. The molecule has 5 rings (SSSR count). The molecule has 6 heteroatoms. The van der Waals surface area contributed by atoms with Gasteiger partial charge in [-0.05, 0) is 61.2 Å². The first kappa shape index (κ1) is 14.6. The van der Waals surface area contributed by atoms with E-state index < -0.39 is 5.60 Å². The third-order valence-electron chi connectivity index (χ3n) is 5.31. The number of fused-ring (bicyclic) bond motifs is 1. The highest BCUT2D eigenvalue weighted by molar-refractivity contribution is 9.11. The Hall–Kier alpha value is -0.980. The lowest BCUT2D eigenvalue weighted by Crippen LogP contribution is -2.79. The van der Waals surface area contributed by atoms with Crippen LogP contribution in [0.1, 0.15) is 43.5 Å². The monoisotopic (exact) mass is 380 g/mol. The molecule has 2 aromatic rings. The van der Waals surface area contributed by atoms with E-state index in [-0.39, 0.29) is 16.9 Å². The van der Waals surface area contributed by atoms with Gasteiger partial charge in [0.05, 0.1) is 25.2 Å². The van der Waals surface area contributed by atoms with Gasteiger partial charge in [0.25, 0.3) is 5.91 Å². The van der Waals surface area contributed by atoms with Gasteiger partial charge in [0.2, 0.25) is 0 Å². The number of thiophene rings is 1. The minimum absolute atomic E-state index is 0.00109. The molecule has 2 heterocycles. The van der Waals surface area contributed by atoms with Gasteiger partial charge in [-0.3, -0.25) is 9.78 Å². The molecule has 1 amide bonds. The van der Waals surface area contributed by atoms with Crippen LogP contribution in [0, 0.1) is 5.41 Å². The quantitative estimate of drug-likeness (QED) is 0.856. The van der Waals surface area contributed by atoms with E-state index in [2.05, 4.69) is 26.2 Å². The first-order chi connectivity index (χ1) is 10.2. The Morgan fingerprint density at radius 1 is 1.41 bits per heavy atom. The average Bonchev–Trinajstić information content (AvgIpc) is 2.68. The van der Waals surface area contributed by atoms with Gasteiger partial charge in [-0.2, -0.15) is 0 Å². The number of amides is 1. The number of pyridine rings is 1. The second-order valence-electron chi connectivity index (χ2n) is 7.26. The molecule has 116 valence electrons. The zero-order valence-electron chi connectivity index (χ0n) is 12.4. The van der Waals surface area contributed by atoms with E-state index >= 15 is 0 Å². The summed E-state index contributed by atoms with van der Waals surface area (Å²) in [5, 5.41) is 13.3. The van der Waals surface area contributed by atoms with E-state index in [0.29, 0.717) is 5.56 Å². The number of carbonyl (C=O) groups excluding carboxylic acids is 1. The molecule has 3 fully saturated rings. The molecule has 0 radical (unpaired) electrons. The van der Waals surface area contributed by atoms with E-state index in [1.807, 2.05) is 26.0 Å². The highest BCUT2D eigenvalue weighted by Gasteiger charge is 2.73. The van der Waals surface area contributed by atoms with Crippen molar-refractivity contribution in [2.75, 3.05) is 0 Å². The normalized spacial score (nSPS) is 29.8. The predicted octanol–water partition coefficient (Wildman–Crippen LogP) is 3.48. The first-order valence-corrected chi connectivity index (χ1v) is 8.93. The largest absolute Gasteiger partial charge is 0.390 e. The second-order valence-corrected chi connectivity index (χ2v) is 9.73. The van der Waals surface area contributed by atoms with Gasteiger partial charge in [-0.1, -0.05) is 0 Å². The molecule has 2 bridgehead atoms. The molecule has 3 aliphatic carbocycles. The molecule has 2 aromatic heterocycles. The summed E-state index contributed by atoms with van der Waals surface area (Å²) >= 11 is 5.02. The Morgan fingerprint density at radius 3 is 2.73 bits per heavy atom. The Kier molecular flexibility index (Phi) is 2.86. The maximum atomic E-state index is 12.5. The summed E-state index contributed by atoms with van der Waals surface area (Å²) < 4.78 is 2.02. The number of hydrogen-bond acceptors (Lipinski definition) is 4. The molecular formula is C16H17BrN2O2S. The van der Waals surface area contributed by atoms with Gasteiger partial charge in [0.1, 0.15) is 0 Å². The number of nitrogens with zero attached hydrogens (tertiary/aromatic N) is 1. The van der Waals surface area contributed by atoms with Crippen molar-refractivity contribution in [1.82, 2.24) is 10.3 Å². The fourth-order valence-electron chi connectivity index (χ4n) is 3.89. The van der Waals surface area contributed by atoms with Crippen molar-refractivity contribution in [1.29, 1.82) is 0 Å². The SMILES string of the molecule is CC(C)(O)C12CC(NC(=O)c3cnc4cc(Br)sc4c3)(C1)C2. The number of hydrogen-bond donors (Lipinski definition) is 2. The zero-order valence-corrected chi connectivity index (χ0v) is 14.8. The van der Waals surface area contributed by atoms with E-state index in [1.165, 1.54) is 0 Å². The maximum Gasteiger partial charge on any atom is 0.253 e. The van der Waals surface area contributed by atoms with Crippen molar-refractivity contribution in [2.24, 2.45) is 5.41 Å². The van der Waals surface area contributed by atoms with Crippen molar-refractivity contribution in [3.05, 3.63) is 27.7 Å². The summed E-state index contributed by atoms with van der Waals surface area (Å²) in [6, 6.07) is 3.85. The summed E-state index contributed by atoms with van der Waals surface area (Å²) in [4.78, 5) is 16.8. The first-order valence-electron chi connectivity index (χ1n) is 7.32. The Balaban J connectivity index is 1.49. The molecule has 22 heavy (non-hydrogen) atoms. The smallest absolute Gasteiger partial charge is 0.253 e. The molecule has 3 saturated carbocycles. The Morgan fingerprint density at radius 2 is 2.09 bits per heavy atom. The molecule has 0 aliphatic heterocycles. The van der Waals surface area contributed by atoms with Crippen molar-refractivity contribution >= 4 is 43.4 Å². The molecule has 0 saturated heterocycles. The fourth-order valence-corrected chi connectivity index (χ4v) is 5.42. The minimum atomic E-state index is -0.664. The van der Waals surface area contributed by atoms with Crippen LogP contribution in [0.4, 0.5) is 0 Å².